The van der Waals surface area contributed by atoms with Gasteiger partial charge in [0.1, 0.15) is 0 Å². The molecule has 0 saturated carbocycles. The molecule has 2 N–H and O–H groups in total. The van der Waals surface area contributed by atoms with Gasteiger partial charge in [0.15, 0.2) is 17.6 Å². The van der Waals surface area contributed by atoms with Gasteiger partial charge in [0.2, 0.25) is 0 Å². The van der Waals surface area contributed by atoms with Crippen LogP contribution in [0.1, 0.15) is 27.5 Å². The number of nitrogens with zero attached hydrogens (tertiary/aromatic N) is 1. The molecule has 3 aromatic carbocycles. The van der Waals surface area contributed by atoms with Crippen molar-refractivity contribution < 1.29 is 9.21 Å². The van der Waals surface area contributed by atoms with Gasteiger partial charge in [0.25, 0.3) is 5.91 Å². The Bertz CT molecular complexity index is 1480. The van der Waals surface area contributed by atoms with Crippen molar-refractivity contribution in [1.82, 2.24) is 15.3 Å². The molecule has 1 unspecified atom stereocenters. The van der Waals surface area contributed by atoms with E-state index in [0.717, 1.165) is 11.1 Å². The lowest BCUT2D eigenvalue weighted by molar-refractivity contribution is 0.0943. The van der Waals surface area contributed by atoms with Gasteiger partial charge in [-0.15, -0.1) is 0 Å². The third kappa shape index (κ3) is 4.16. The number of oxazole rings is 1. The molecule has 5 rings (SSSR count). The number of hydrogen-bond donors (Lipinski definition) is 2. The van der Waals surface area contributed by atoms with Crippen molar-refractivity contribution in [3.8, 4) is 11.3 Å². The number of benzene rings is 3. The predicted octanol–water partition coefficient (Wildman–Crippen LogP) is 5.36. The largest absolute Gasteiger partial charge is 0.444 e. The topological polar surface area (TPSA) is 88.0 Å². The highest BCUT2D eigenvalue weighted by Gasteiger charge is 2.22. The average Bonchev–Trinajstić information content (AvgIpc) is 3.39. The monoisotopic (exact) mass is 455 g/mol. The molecule has 0 spiro atoms. The van der Waals surface area contributed by atoms with Crippen LogP contribution in [0.2, 0.25) is 5.02 Å². The molecule has 0 aliphatic heterocycles. The summed E-state index contributed by atoms with van der Waals surface area (Å²) < 4.78 is 5.30. The van der Waals surface area contributed by atoms with E-state index in [4.69, 9.17) is 16.0 Å². The van der Waals surface area contributed by atoms with Crippen LogP contribution >= 0.6 is 11.6 Å². The van der Waals surface area contributed by atoms with Crippen LogP contribution < -0.4 is 10.7 Å². The van der Waals surface area contributed by atoms with Gasteiger partial charge < -0.3 is 14.7 Å². The van der Waals surface area contributed by atoms with Gasteiger partial charge in [0, 0.05) is 33.3 Å². The van der Waals surface area contributed by atoms with E-state index in [1.165, 1.54) is 6.39 Å². The molecule has 0 radical (unpaired) electrons. The van der Waals surface area contributed by atoms with Gasteiger partial charge in [-0.2, -0.15) is 0 Å². The van der Waals surface area contributed by atoms with E-state index >= 15 is 0 Å². The molecule has 0 aliphatic rings. The third-order valence-electron chi connectivity index (χ3n) is 5.45. The molecule has 1 atom stereocenters. The van der Waals surface area contributed by atoms with Crippen LogP contribution in [0.25, 0.3) is 22.2 Å². The zero-order valence-electron chi connectivity index (χ0n) is 17.3. The number of amides is 1. The average molecular weight is 456 g/mol. The van der Waals surface area contributed by atoms with E-state index in [0.29, 0.717) is 32.8 Å². The number of carbonyl (C=O) groups excluding carboxylic acids is 1. The highest BCUT2D eigenvalue weighted by Crippen LogP contribution is 2.24. The Morgan fingerprint density at radius 2 is 1.82 bits per heavy atom. The summed E-state index contributed by atoms with van der Waals surface area (Å²) in [7, 11) is 0. The summed E-state index contributed by atoms with van der Waals surface area (Å²) in [6, 6.07) is 20.8. The summed E-state index contributed by atoms with van der Waals surface area (Å²) in [6.45, 7) is 0. The van der Waals surface area contributed by atoms with Crippen LogP contribution in [-0.2, 0) is 0 Å². The minimum absolute atomic E-state index is 0.171. The van der Waals surface area contributed by atoms with E-state index in [1.54, 1.807) is 54.9 Å². The number of halogens is 1. The summed E-state index contributed by atoms with van der Waals surface area (Å²) in [4.78, 5) is 33.5. The summed E-state index contributed by atoms with van der Waals surface area (Å²) in [5, 5.41) is 4.05. The van der Waals surface area contributed by atoms with Gasteiger partial charge in [-0.3, -0.25) is 9.59 Å². The maximum Gasteiger partial charge on any atom is 0.252 e. The maximum atomic E-state index is 13.3. The van der Waals surface area contributed by atoms with Gasteiger partial charge in [-0.1, -0.05) is 54.1 Å². The van der Waals surface area contributed by atoms with E-state index in [9.17, 15) is 9.59 Å². The van der Waals surface area contributed by atoms with Crippen LogP contribution in [0.3, 0.4) is 0 Å². The van der Waals surface area contributed by atoms with Crippen molar-refractivity contribution >= 4 is 28.4 Å². The smallest absolute Gasteiger partial charge is 0.252 e. The van der Waals surface area contributed by atoms with Gasteiger partial charge >= 0.3 is 0 Å². The first kappa shape index (κ1) is 20.7. The Hall–Kier alpha value is -4.16. The number of aromatic amines is 1. The minimum Gasteiger partial charge on any atom is -0.444 e. The number of hydrogen-bond acceptors (Lipinski definition) is 4. The normalized spacial score (nSPS) is 11.9. The highest BCUT2D eigenvalue weighted by molar-refractivity contribution is 6.31. The zero-order valence-corrected chi connectivity index (χ0v) is 18.0. The second-order valence-corrected chi connectivity index (χ2v) is 7.96. The number of H-pyrrole nitrogens is 1. The Morgan fingerprint density at radius 1 is 1.03 bits per heavy atom. The standard InChI is InChI=1S/C26H18ClN3O3/c27-19-10-11-20-22(12-19)29-13-21(25(20)31)24(17-4-2-1-3-5-17)30-26(32)18-8-6-16(7-9-18)23-14-28-15-33-23/h1-15,24H,(H,29,31)(H,30,32). The molecule has 0 aliphatic carbocycles. The summed E-state index contributed by atoms with van der Waals surface area (Å²) in [5.41, 5.74) is 2.97. The van der Waals surface area contributed by atoms with E-state index < -0.39 is 6.04 Å². The first-order valence-corrected chi connectivity index (χ1v) is 10.6. The quantitative estimate of drug-likeness (QED) is 0.373. The van der Waals surface area contributed by atoms with Crippen molar-refractivity contribution in [1.29, 1.82) is 0 Å². The fourth-order valence-electron chi connectivity index (χ4n) is 3.77. The van der Waals surface area contributed by atoms with Crippen molar-refractivity contribution in [3.05, 3.63) is 124 Å². The SMILES string of the molecule is O=C(NC(c1ccccc1)c1c[nH]c2cc(Cl)ccc2c1=O)c1ccc(-c2cnco2)cc1. The highest BCUT2D eigenvalue weighted by atomic mass is 35.5. The Labute approximate surface area is 193 Å². The summed E-state index contributed by atoms with van der Waals surface area (Å²) in [5.74, 6) is 0.315. The Kier molecular flexibility index (Phi) is 5.50. The third-order valence-corrected chi connectivity index (χ3v) is 5.69. The van der Waals surface area contributed by atoms with E-state index in [-0.39, 0.29) is 11.3 Å². The molecule has 2 heterocycles. The summed E-state index contributed by atoms with van der Waals surface area (Å²) >= 11 is 6.06. The molecule has 33 heavy (non-hydrogen) atoms. The van der Waals surface area contributed by atoms with Crippen LogP contribution in [-0.4, -0.2) is 15.9 Å². The van der Waals surface area contributed by atoms with E-state index in [2.05, 4.69) is 15.3 Å². The molecule has 1 amide bonds. The lowest BCUT2D eigenvalue weighted by Crippen LogP contribution is -2.32. The second-order valence-electron chi connectivity index (χ2n) is 7.52. The maximum absolute atomic E-state index is 13.3. The lowest BCUT2D eigenvalue weighted by Gasteiger charge is -2.20. The molecule has 6 nitrogen and oxygen atoms in total. The molecule has 2 aromatic heterocycles. The molecule has 0 fully saturated rings. The molecular weight excluding hydrogens is 438 g/mol. The second kappa shape index (κ2) is 8.76. The summed E-state index contributed by atoms with van der Waals surface area (Å²) in [6.07, 6.45) is 4.60. The fourth-order valence-corrected chi connectivity index (χ4v) is 3.94. The van der Waals surface area contributed by atoms with Crippen molar-refractivity contribution in [2.45, 2.75) is 6.04 Å². The van der Waals surface area contributed by atoms with E-state index in [1.807, 2.05) is 30.3 Å². The molecule has 162 valence electrons. The molecule has 5 aromatic rings. The number of rotatable bonds is 5. The molecular formula is C26H18ClN3O3. The van der Waals surface area contributed by atoms with Crippen LogP contribution in [0, 0.1) is 0 Å². The molecule has 0 bridgehead atoms. The van der Waals surface area contributed by atoms with Crippen LogP contribution in [0.5, 0.6) is 0 Å². The first-order chi connectivity index (χ1) is 16.1. The van der Waals surface area contributed by atoms with Crippen molar-refractivity contribution in [3.63, 3.8) is 0 Å². The lowest BCUT2D eigenvalue weighted by atomic mass is 9.97. The zero-order chi connectivity index (χ0) is 22.8. The van der Waals surface area contributed by atoms with Gasteiger partial charge in [-0.25, -0.2) is 4.98 Å². The van der Waals surface area contributed by atoms with Gasteiger partial charge in [-0.05, 0) is 35.9 Å². The number of fused-ring (bicyclic) bond motifs is 1. The van der Waals surface area contributed by atoms with Gasteiger partial charge in [0.05, 0.1) is 17.8 Å². The molecule has 0 saturated heterocycles. The Balaban J connectivity index is 1.51. The number of carbonyl (C=O) groups is 1. The molecule has 7 heteroatoms. The van der Waals surface area contributed by atoms with Crippen LogP contribution in [0.4, 0.5) is 0 Å². The van der Waals surface area contributed by atoms with Crippen LogP contribution in [0.15, 0.2) is 101 Å². The Morgan fingerprint density at radius 3 is 2.55 bits per heavy atom. The van der Waals surface area contributed by atoms with Crippen molar-refractivity contribution in [2.24, 2.45) is 0 Å². The van der Waals surface area contributed by atoms with Crippen molar-refractivity contribution in [2.75, 3.05) is 0 Å². The number of nitrogens with one attached hydrogen (secondary N) is 2. The number of pyridine rings is 1. The minimum atomic E-state index is -0.642. The fraction of sp³-hybridized carbons (Fsp3) is 0.0385. The first-order valence-electron chi connectivity index (χ1n) is 10.3. The predicted molar refractivity (Wildman–Crippen MR) is 127 cm³/mol. The number of aromatic nitrogens is 2.